The highest BCUT2D eigenvalue weighted by Gasteiger charge is 2.22. The number of halogens is 6. The van der Waals surface area contributed by atoms with Gasteiger partial charge in [-0.2, -0.15) is 8.78 Å². The van der Waals surface area contributed by atoms with Crippen LogP contribution in [0.2, 0.25) is 0 Å². The average Bonchev–Trinajstić information content (AvgIpc) is 2.57. The fraction of sp³-hybridized carbons (Fsp3) is 0.111. The van der Waals surface area contributed by atoms with E-state index >= 15 is 0 Å². The van der Waals surface area contributed by atoms with Gasteiger partial charge in [0.25, 0.3) is 0 Å². The Bertz CT molecular complexity index is 987. The zero-order valence-corrected chi connectivity index (χ0v) is 13.1. The van der Waals surface area contributed by atoms with Gasteiger partial charge in [0.15, 0.2) is 17.4 Å². The lowest BCUT2D eigenvalue weighted by molar-refractivity contribution is -0.0544. The van der Waals surface area contributed by atoms with Gasteiger partial charge in [-0.25, -0.2) is 17.6 Å². The summed E-state index contributed by atoms with van der Waals surface area (Å²) in [4.78, 5) is 0. The number of alkyl halides is 2. The molecule has 0 aromatic heterocycles. The topological polar surface area (TPSA) is 18.5 Å². The van der Waals surface area contributed by atoms with Gasteiger partial charge in [-0.15, -0.1) is 0 Å². The summed E-state index contributed by atoms with van der Waals surface area (Å²) in [6, 6.07) is 6.42. The van der Waals surface area contributed by atoms with Crippen molar-refractivity contribution >= 4 is 10.8 Å². The van der Waals surface area contributed by atoms with Crippen LogP contribution < -0.4 is 9.47 Å². The van der Waals surface area contributed by atoms with Gasteiger partial charge in [0.1, 0.15) is 17.4 Å². The van der Waals surface area contributed by atoms with E-state index in [1.165, 1.54) is 19.2 Å². The maximum absolute atomic E-state index is 14.4. The molecular formula is C18H10F6O2. The van der Waals surface area contributed by atoms with Crippen molar-refractivity contribution in [3.8, 4) is 22.6 Å². The first-order valence-electron chi connectivity index (χ1n) is 7.21. The predicted octanol–water partition coefficient (Wildman–Crippen LogP) is 5.67. The lowest BCUT2D eigenvalue weighted by atomic mass is 9.99. The number of methoxy groups -OCH3 is 1. The Labute approximate surface area is 143 Å². The third-order valence-electron chi connectivity index (χ3n) is 3.73. The van der Waals surface area contributed by atoms with Gasteiger partial charge in [-0.05, 0) is 41.3 Å². The number of rotatable bonds is 4. The summed E-state index contributed by atoms with van der Waals surface area (Å²) < 4.78 is 89.8. The van der Waals surface area contributed by atoms with Crippen LogP contribution in [-0.2, 0) is 0 Å². The molecule has 0 fully saturated rings. The molecule has 0 heterocycles. The van der Waals surface area contributed by atoms with Crippen molar-refractivity contribution in [3.63, 3.8) is 0 Å². The van der Waals surface area contributed by atoms with Crippen LogP contribution in [0.15, 0.2) is 36.4 Å². The van der Waals surface area contributed by atoms with Crippen LogP contribution in [0.25, 0.3) is 21.9 Å². The molecule has 0 spiro atoms. The maximum Gasteiger partial charge on any atom is 0.387 e. The van der Waals surface area contributed by atoms with Crippen LogP contribution in [0.4, 0.5) is 26.3 Å². The summed E-state index contributed by atoms with van der Waals surface area (Å²) in [5, 5.41) is -1.01. The van der Waals surface area contributed by atoms with E-state index in [4.69, 9.17) is 4.74 Å². The Morgan fingerprint density at radius 2 is 1.58 bits per heavy atom. The third kappa shape index (κ3) is 3.14. The van der Waals surface area contributed by atoms with E-state index in [2.05, 4.69) is 4.74 Å². The van der Waals surface area contributed by atoms with E-state index in [9.17, 15) is 26.3 Å². The zero-order chi connectivity index (χ0) is 19.0. The molecule has 0 saturated heterocycles. The minimum Gasteiger partial charge on any atom is -0.497 e. The van der Waals surface area contributed by atoms with E-state index in [0.717, 1.165) is 18.2 Å². The van der Waals surface area contributed by atoms with E-state index in [0.29, 0.717) is 6.07 Å². The maximum atomic E-state index is 14.4. The first-order valence-corrected chi connectivity index (χ1v) is 7.21. The molecule has 0 unspecified atom stereocenters. The van der Waals surface area contributed by atoms with Crippen LogP contribution in [-0.4, -0.2) is 13.7 Å². The highest BCUT2D eigenvalue weighted by Crippen LogP contribution is 2.36. The summed E-state index contributed by atoms with van der Waals surface area (Å²) in [5.41, 5.74) is -0.0168. The molecule has 136 valence electrons. The largest absolute Gasteiger partial charge is 0.497 e. The Morgan fingerprint density at radius 3 is 2.19 bits per heavy atom. The Balaban J connectivity index is 2.20. The molecule has 3 aromatic rings. The third-order valence-corrected chi connectivity index (χ3v) is 3.73. The number of hydrogen-bond donors (Lipinski definition) is 0. The first-order chi connectivity index (χ1) is 12.3. The minimum absolute atomic E-state index is 0.0106. The van der Waals surface area contributed by atoms with Gasteiger partial charge in [0.05, 0.1) is 12.5 Å². The fourth-order valence-electron chi connectivity index (χ4n) is 2.60. The molecule has 3 aromatic carbocycles. The molecular weight excluding hydrogens is 362 g/mol. The van der Waals surface area contributed by atoms with Crippen molar-refractivity contribution in [2.75, 3.05) is 7.11 Å². The molecule has 0 bridgehead atoms. The molecule has 0 atom stereocenters. The smallest absolute Gasteiger partial charge is 0.387 e. The Hall–Kier alpha value is -2.90. The van der Waals surface area contributed by atoms with E-state index in [-0.39, 0.29) is 22.3 Å². The molecule has 0 aliphatic heterocycles. The second-order valence-corrected chi connectivity index (χ2v) is 5.28. The summed E-state index contributed by atoms with van der Waals surface area (Å²) in [7, 11) is 1.34. The van der Waals surface area contributed by atoms with Crippen LogP contribution in [0.1, 0.15) is 0 Å². The van der Waals surface area contributed by atoms with E-state index < -0.39 is 41.0 Å². The van der Waals surface area contributed by atoms with Crippen molar-refractivity contribution in [2.24, 2.45) is 0 Å². The molecule has 0 radical (unpaired) electrons. The predicted molar refractivity (Wildman–Crippen MR) is 82.4 cm³/mol. The summed E-state index contributed by atoms with van der Waals surface area (Å²) in [5.74, 6) is -6.08. The number of benzene rings is 3. The van der Waals surface area contributed by atoms with Crippen LogP contribution in [0.3, 0.4) is 0 Å². The summed E-state index contributed by atoms with van der Waals surface area (Å²) in [6.07, 6.45) is 0. The second-order valence-electron chi connectivity index (χ2n) is 5.28. The molecule has 8 heteroatoms. The highest BCUT2D eigenvalue weighted by atomic mass is 19.3. The lowest BCUT2D eigenvalue weighted by Gasteiger charge is -2.12. The van der Waals surface area contributed by atoms with Crippen molar-refractivity contribution in [3.05, 3.63) is 59.7 Å². The van der Waals surface area contributed by atoms with Crippen molar-refractivity contribution in [2.45, 2.75) is 6.61 Å². The highest BCUT2D eigenvalue weighted by molar-refractivity contribution is 5.90. The van der Waals surface area contributed by atoms with Gasteiger partial charge in [-0.1, -0.05) is 0 Å². The summed E-state index contributed by atoms with van der Waals surface area (Å²) >= 11 is 0. The lowest BCUT2D eigenvalue weighted by Crippen LogP contribution is -2.06. The minimum atomic E-state index is -3.48. The molecule has 0 aliphatic rings. The van der Waals surface area contributed by atoms with Crippen molar-refractivity contribution in [1.29, 1.82) is 0 Å². The van der Waals surface area contributed by atoms with Gasteiger partial charge < -0.3 is 9.47 Å². The van der Waals surface area contributed by atoms with Crippen LogP contribution in [0.5, 0.6) is 11.5 Å². The number of ether oxygens (including phenoxy) is 2. The van der Waals surface area contributed by atoms with Gasteiger partial charge >= 0.3 is 6.61 Å². The van der Waals surface area contributed by atoms with Gasteiger partial charge in [-0.3, -0.25) is 0 Å². The van der Waals surface area contributed by atoms with Gasteiger partial charge in [0, 0.05) is 11.6 Å². The Morgan fingerprint density at radius 1 is 0.846 bits per heavy atom. The number of fused-ring (bicyclic) bond motifs is 1. The zero-order valence-electron chi connectivity index (χ0n) is 13.1. The number of hydrogen-bond acceptors (Lipinski definition) is 2. The SMILES string of the molecule is COc1ccc(-c2cc(F)c3c(F)c(OC(F)F)c(F)cc3c2)c(F)c1. The second kappa shape index (κ2) is 6.78. The molecule has 0 amide bonds. The molecule has 2 nitrogen and oxygen atoms in total. The fourth-order valence-corrected chi connectivity index (χ4v) is 2.60. The van der Waals surface area contributed by atoms with Crippen LogP contribution in [0, 0.1) is 23.3 Å². The standard InChI is InChI=1S/C18H10F6O2/c1-25-10-2-3-11(12(19)7-10)8-4-9-6-14(21)17(26-18(23)24)16(22)15(9)13(20)5-8/h2-7,18H,1H3. The monoisotopic (exact) mass is 372 g/mol. The first kappa shape index (κ1) is 17.9. The summed E-state index contributed by atoms with van der Waals surface area (Å²) in [6.45, 7) is -3.48. The molecule has 3 rings (SSSR count). The normalized spacial score (nSPS) is 11.2. The molecule has 0 saturated carbocycles. The van der Waals surface area contributed by atoms with Crippen LogP contribution >= 0.6 is 0 Å². The van der Waals surface area contributed by atoms with E-state index in [1.54, 1.807) is 0 Å². The molecule has 0 aliphatic carbocycles. The molecule has 0 N–H and O–H groups in total. The quantitative estimate of drug-likeness (QED) is 0.549. The van der Waals surface area contributed by atoms with E-state index in [1.807, 2.05) is 0 Å². The average molecular weight is 372 g/mol. The molecule has 26 heavy (non-hydrogen) atoms. The van der Waals surface area contributed by atoms with Gasteiger partial charge in [0.2, 0.25) is 0 Å². The Kier molecular flexibility index (Phi) is 4.67. The van der Waals surface area contributed by atoms with Crippen molar-refractivity contribution < 1.29 is 35.8 Å². The van der Waals surface area contributed by atoms with Crippen molar-refractivity contribution in [1.82, 2.24) is 0 Å².